The van der Waals surface area contributed by atoms with Gasteiger partial charge in [-0.1, -0.05) is 6.92 Å². The molecule has 0 bridgehead atoms. The Balaban J connectivity index is 3.81. The Bertz CT molecular complexity index is 241. The van der Waals surface area contributed by atoms with Crippen LogP contribution in [0.1, 0.15) is 20.3 Å². The highest BCUT2D eigenvalue weighted by Gasteiger charge is 1.97. The molecular weight excluding hydrogens is 184 g/mol. The van der Waals surface area contributed by atoms with Gasteiger partial charge in [-0.3, -0.25) is 0 Å². The first-order chi connectivity index (χ1) is 6.70. The summed E-state index contributed by atoms with van der Waals surface area (Å²) in [6.45, 7) is 3.89. The van der Waals surface area contributed by atoms with Gasteiger partial charge in [-0.15, -0.1) is 0 Å². The molecule has 0 radical (unpaired) electrons. The van der Waals surface area contributed by atoms with Crippen molar-refractivity contribution in [1.29, 1.82) is 0 Å². The topological polar surface area (TPSA) is 52.6 Å². The fourth-order valence-corrected chi connectivity index (χ4v) is 0.577. The van der Waals surface area contributed by atoms with E-state index in [2.05, 4.69) is 9.47 Å². The van der Waals surface area contributed by atoms with Gasteiger partial charge in [0.2, 0.25) is 0 Å². The van der Waals surface area contributed by atoms with Crippen LogP contribution in [0.3, 0.4) is 0 Å². The third-order valence-corrected chi connectivity index (χ3v) is 1.16. The molecule has 0 saturated heterocycles. The molecule has 0 aliphatic heterocycles. The van der Waals surface area contributed by atoms with Crippen molar-refractivity contribution < 1.29 is 19.1 Å². The summed E-state index contributed by atoms with van der Waals surface area (Å²) in [7, 11) is 0. The Morgan fingerprint density at radius 3 is 2.36 bits per heavy atom. The van der Waals surface area contributed by atoms with Gasteiger partial charge < -0.3 is 9.47 Å². The van der Waals surface area contributed by atoms with Crippen LogP contribution in [-0.4, -0.2) is 18.5 Å². The fourth-order valence-electron chi connectivity index (χ4n) is 0.577. The molecule has 0 fully saturated rings. The van der Waals surface area contributed by atoms with Gasteiger partial charge in [-0.05, 0) is 19.4 Å². The lowest BCUT2D eigenvalue weighted by molar-refractivity contribution is -0.138. The molecule has 0 N–H and O–H groups in total. The largest absolute Gasteiger partial charge is 0.463 e. The van der Waals surface area contributed by atoms with Gasteiger partial charge in [-0.2, -0.15) is 0 Å². The minimum Gasteiger partial charge on any atom is -0.463 e. The van der Waals surface area contributed by atoms with Crippen molar-refractivity contribution in [2.24, 2.45) is 0 Å². The standard InChI is InChI=1S/C10H14O4/c1-3-5-8-14-10(12)7-6-9(11)13-4-2/h5-8H,3-4H2,1-2H3/b7-6-,8-5+. The summed E-state index contributed by atoms with van der Waals surface area (Å²) in [5.41, 5.74) is 0. The molecular formula is C10H14O4. The molecule has 0 aliphatic carbocycles. The number of carbonyl (C=O) groups excluding carboxylic acids is 2. The van der Waals surface area contributed by atoms with Crippen LogP contribution in [0, 0.1) is 0 Å². The summed E-state index contributed by atoms with van der Waals surface area (Å²) in [6.07, 6.45) is 5.83. The van der Waals surface area contributed by atoms with E-state index < -0.39 is 11.9 Å². The summed E-state index contributed by atoms with van der Waals surface area (Å²) >= 11 is 0. The third kappa shape index (κ3) is 7.09. The van der Waals surface area contributed by atoms with Gasteiger partial charge in [0.05, 0.1) is 12.9 Å². The lowest BCUT2D eigenvalue weighted by Crippen LogP contribution is -2.01. The SMILES string of the molecule is CC/C=C/OC(=O)/C=C\C(=O)OCC. The monoisotopic (exact) mass is 198 g/mol. The average Bonchev–Trinajstić information content (AvgIpc) is 2.16. The predicted octanol–water partition coefficient (Wildman–Crippen LogP) is 1.57. The van der Waals surface area contributed by atoms with Crippen LogP contribution in [0.15, 0.2) is 24.5 Å². The van der Waals surface area contributed by atoms with Crippen LogP contribution in [0.4, 0.5) is 0 Å². The molecule has 0 amide bonds. The molecule has 4 heteroatoms. The Hall–Kier alpha value is -1.58. The second-order valence-electron chi connectivity index (χ2n) is 2.30. The molecule has 0 spiro atoms. The van der Waals surface area contributed by atoms with E-state index in [9.17, 15) is 9.59 Å². The van der Waals surface area contributed by atoms with Gasteiger partial charge in [0.25, 0.3) is 0 Å². The maximum atomic E-state index is 10.9. The smallest absolute Gasteiger partial charge is 0.335 e. The minimum absolute atomic E-state index is 0.286. The van der Waals surface area contributed by atoms with Crippen molar-refractivity contribution in [2.45, 2.75) is 20.3 Å². The van der Waals surface area contributed by atoms with Crippen molar-refractivity contribution in [3.63, 3.8) is 0 Å². The summed E-state index contributed by atoms with van der Waals surface area (Å²) in [5, 5.41) is 0. The second-order valence-corrected chi connectivity index (χ2v) is 2.30. The second kappa shape index (κ2) is 8.04. The molecule has 0 rings (SSSR count). The van der Waals surface area contributed by atoms with Crippen molar-refractivity contribution in [3.8, 4) is 0 Å². The van der Waals surface area contributed by atoms with E-state index in [0.29, 0.717) is 0 Å². The molecule has 78 valence electrons. The van der Waals surface area contributed by atoms with E-state index in [1.807, 2.05) is 6.92 Å². The lowest BCUT2D eigenvalue weighted by Gasteiger charge is -1.94. The lowest BCUT2D eigenvalue weighted by atomic mass is 10.5. The zero-order chi connectivity index (χ0) is 10.8. The average molecular weight is 198 g/mol. The number of ether oxygens (including phenoxy) is 2. The highest BCUT2D eigenvalue weighted by Crippen LogP contribution is 1.87. The van der Waals surface area contributed by atoms with Crippen LogP contribution >= 0.6 is 0 Å². The van der Waals surface area contributed by atoms with Crippen LogP contribution in [0.25, 0.3) is 0 Å². The zero-order valence-corrected chi connectivity index (χ0v) is 8.36. The van der Waals surface area contributed by atoms with E-state index in [0.717, 1.165) is 18.6 Å². The van der Waals surface area contributed by atoms with E-state index in [4.69, 9.17) is 0 Å². The maximum absolute atomic E-state index is 10.9. The van der Waals surface area contributed by atoms with Crippen molar-refractivity contribution in [1.82, 2.24) is 0 Å². The molecule has 14 heavy (non-hydrogen) atoms. The first-order valence-corrected chi connectivity index (χ1v) is 4.41. The van der Waals surface area contributed by atoms with Crippen LogP contribution in [0.5, 0.6) is 0 Å². The normalized spacial score (nSPS) is 10.7. The van der Waals surface area contributed by atoms with Crippen molar-refractivity contribution >= 4 is 11.9 Å². The van der Waals surface area contributed by atoms with Gasteiger partial charge in [0, 0.05) is 12.2 Å². The molecule has 0 aromatic carbocycles. The van der Waals surface area contributed by atoms with E-state index in [1.54, 1.807) is 13.0 Å². The molecule has 4 nitrogen and oxygen atoms in total. The number of rotatable bonds is 5. The van der Waals surface area contributed by atoms with Gasteiger partial charge in [-0.25, -0.2) is 9.59 Å². The quantitative estimate of drug-likeness (QED) is 0.382. The summed E-state index contributed by atoms with van der Waals surface area (Å²) < 4.78 is 9.16. The van der Waals surface area contributed by atoms with Crippen LogP contribution in [0.2, 0.25) is 0 Å². The van der Waals surface area contributed by atoms with Gasteiger partial charge >= 0.3 is 11.9 Å². The molecule has 0 saturated carbocycles. The number of esters is 2. The van der Waals surface area contributed by atoms with Crippen LogP contribution in [-0.2, 0) is 19.1 Å². The molecule has 0 atom stereocenters. The zero-order valence-electron chi connectivity index (χ0n) is 8.36. The first kappa shape index (κ1) is 12.4. The van der Waals surface area contributed by atoms with Crippen molar-refractivity contribution in [3.05, 3.63) is 24.5 Å². The maximum Gasteiger partial charge on any atom is 0.335 e. The number of hydrogen-bond acceptors (Lipinski definition) is 4. The minimum atomic E-state index is -0.595. The van der Waals surface area contributed by atoms with Gasteiger partial charge in [0.15, 0.2) is 0 Å². The summed E-state index contributed by atoms with van der Waals surface area (Å²) in [5.74, 6) is -1.15. The van der Waals surface area contributed by atoms with Crippen LogP contribution < -0.4 is 0 Å². The fraction of sp³-hybridized carbons (Fsp3) is 0.400. The Morgan fingerprint density at radius 2 is 1.79 bits per heavy atom. The summed E-state index contributed by atoms with van der Waals surface area (Å²) in [6, 6.07) is 0. The molecule has 0 heterocycles. The molecule has 0 aromatic rings. The molecule has 0 unspecified atom stereocenters. The predicted molar refractivity (Wildman–Crippen MR) is 51.3 cm³/mol. The van der Waals surface area contributed by atoms with E-state index in [1.165, 1.54) is 6.26 Å². The first-order valence-electron chi connectivity index (χ1n) is 4.41. The van der Waals surface area contributed by atoms with E-state index in [-0.39, 0.29) is 6.61 Å². The Kier molecular flexibility index (Phi) is 7.13. The molecule has 0 aliphatic rings. The number of hydrogen-bond donors (Lipinski definition) is 0. The number of allylic oxidation sites excluding steroid dienone is 1. The van der Waals surface area contributed by atoms with Gasteiger partial charge in [0.1, 0.15) is 0 Å². The van der Waals surface area contributed by atoms with Crippen molar-refractivity contribution in [2.75, 3.05) is 6.61 Å². The Labute approximate surface area is 83.2 Å². The Morgan fingerprint density at radius 1 is 1.14 bits per heavy atom. The number of carbonyl (C=O) groups is 2. The summed E-state index contributed by atoms with van der Waals surface area (Å²) in [4.78, 5) is 21.6. The highest BCUT2D eigenvalue weighted by atomic mass is 16.5. The van der Waals surface area contributed by atoms with E-state index >= 15 is 0 Å². The molecule has 0 aromatic heterocycles. The third-order valence-electron chi connectivity index (χ3n) is 1.16. The highest BCUT2D eigenvalue weighted by molar-refractivity contribution is 5.91.